The number of sulfone groups is 1. The quantitative estimate of drug-likeness (QED) is 0.666. The van der Waals surface area contributed by atoms with Gasteiger partial charge >= 0.3 is 0 Å². The fourth-order valence-corrected chi connectivity index (χ4v) is 3.33. The van der Waals surface area contributed by atoms with Crippen LogP contribution in [-0.4, -0.2) is 38.2 Å². The second kappa shape index (κ2) is 5.61. The zero-order chi connectivity index (χ0) is 15.8. The van der Waals surface area contributed by atoms with E-state index >= 15 is 0 Å². The van der Waals surface area contributed by atoms with Crippen LogP contribution in [0.1, 0.15) is 19.8 Å². The van der Waals surface area contributed by atoms with Crippen molar-refractivity contribution in [3.63, 3.8) is 0 Å². The van der Waals surface area contributed by atoms with Crippen molar-refractivity contribution in [1.82, 2.24) is 0 Å². The van der Waals surface area contributed by atoms with Crippen LogP contribution in [0.5, 0.6) is 0 Å². The number of anilines is 1. The molecule has 0 bridgehead atoms. The molecule has 21 heavy (non-hydrogen) atoms. The first-order valence-corrected chi connectivity index (χ1v) is 8.60. The Labute approximate surface area is 123 Å². The van der Waals surface area contributed by atoms with Crippen LogP contribution >= 0.6 is 0 Å². The number of rotatable bonds is 3. The van der Waals surface area contributed by atoms with Crippen LogP contribution in [0.4, 0.5) is 11.4 Å². The molecule has 2 atom stereocenters. The van der Waals surface area contributed by atoms with Gasteiger partial charge in [-0.2, -0.15) is 0 Å². The number of nitrogens with zero attached hydrogens (tertiary/aromatic N) is 2. The van der Waals surface area contributed by atoms with E-state index in [1.807, 2.05) is 11.8 Å². The van der Waals surface area contributed by atoms with Gasteiger partial charge < -0.3 is 10.6 Å². The number of hydrogen-bond acceptors (Lipinski definition) is 6. The molecular formula is C13H19N3O4S. The first-order chi connectivity index (χ1) is 9.70. The van der Waals surface area contributed by atoms with E-state index in [0.717, 1.165) is 25.2 Å². The number of nitrogens with two attached hydrogens (primary N) is 1. The van der Waals surface area contributed by atoms with Crippen LogP contribution in [0.3, 0.4) is 0 Å². The van der Waals surface area contributed by atoms with E-state index in [1.54, 1.807) is 0 Å². The van der Waals surface area contributed by atoms with Gasteiger partial charge in [0, 0.05) is 31.0 Å². The average Bonchev–Trinajstić information content (AvgIpc) is 2.37. The molecule has 1 fully saturated rings. The Hall–Kier alpha value is -1.67. The number of nitro groups is 1. The number of benzene rings is 1. The van der Waals surface area contributed by atoms with Gasteiger partial charge in [-0.15, -0.1) is 0 Å². The minimum Gasteiger partial charge on any atom is -0.363 e. The van der Waals surface area contributed by atoms with Gasteiger partial charge in [0.15, 0.2) is 9.84 Å². The standard InChI is InChI=1S/C13H19N3O4S/c1-9-7-10(14)5-6-15(9)12-4-3-11(21(2,19)20)8-13(12)16(17)18/h3-4,8-10H,5-7,14H2,1-2H3. The van der Waals surface area contributed by atoms with E-state index in [4.69, 9.17) is 5.73 Å². The second-order valence-electron chi connectivity index (χ2n) is 5.51. The van der Waals surface area contributed by atoms with Gasteiger partial charge in [0.1, 0.15) is 5.69 Å². The molecule has 2 unspecified atom stereocenters. The molecule has 0 aromatic heterocycles. The molecular weight excluding hydrogens is 294 g/mol. The van der Waals surface area contributed by atoms with Gasteiger partial charge in [0.05, 0.1) is 9.82 Å². The van der Waals surface area contributed by atoms with Crippen LogP contribution in [-0.2, 0) is 9.84 Å². The van der Waals surface area contributed by atoms with Crippen molar-refractivity contribution in [2.45, 2.75) is 36.7 Å². The highest BCUT2D eigenvalue weighted by Gasteiger charge is 2.29. The molecule has 1 saturated heterocycles. The summed E-state index contributed by atoms with van der Waals surface area (Å²) >= 11 is 0. The van der Waals surface area contributed by atoms with Crippen molar-refractivity contribution < 1.29 is 13.3 Å². The van der Waals surface area contributed by atoms with Crippen LogP contribution in [0, 0.1) is 10.1 Å². The highest BCUT2D eigenvalue weighted by atomic mass is 32.2. The Morgan fingerprint density at radius 3 is 2.62 bits per heavy atom. The van der Waals surface area contributed by atoms with E-state index < -0.39 is 14.8 Å². The van der Waals surface area contributed by atoms with Crippen molar-refractivity contribution in [2.24, 2.45) is 5.73 Å². The maximum absolute atomic E-state index is 11.5. The van der Waals surface area contributed by atoms with Crippen molar-refractivity contribution in [3.05, 3.63) is 28.3 Å². The Morgan fingerprint density at radius 1 is 1.43 bits per heavy atom. The van der Waals surface area contributed by atoms with Gasteiger partial charge in [0.2, 0.25) is 0 Å². The molecule has 0 radical (unpaired) electrons. The third kappa shape index (κ3) is 3.33. The summed E-state index contributed by atoms with van der Waals surface area (Å²) in [4.78, 5) is 12.6. The zero-order valence-electron chi connectivity index (χ0n) is 12.0. The van der Waals surface area contributed by atoms with Crippen molar-refractivity contribution >= 4 is 21.2 Å². The summed E-state index contributed by atoms with van der Waals surface area (Å²) in [6, 6.07) is 4.24. The number of piperidine rings is 1. The molecule has 1 aliphatic rings. The minimum atomic E-state index is -3.47. The monoisotopic (exact) mass is 313 g/mol. The van der Waals surface area contributed by atoms with Gasteiger partial charge in [-0.25, -0.2) is 8.42 Å². The normalized spacial score (nSPS) is 23.1. The first-order valence-electron chi connectivity index (χ1n) is 6.71. The van der Waals surface area contributed by atoms with Gasteiger partial charge in [-0.1, -0.05) is 0 Å². The molecule has 2 N–H and O–H groups in total. The van der Waals surface area contributed by atoms with Crippen LogP contribution < -0.4 is 10.6 Å². The average molecular weight is 313 g/mol. The fraction of sp³-hybridized carbons (Fsp3) is 0.538. The summed E-state index contributed by atoms with van der Waals surface area (Å²) in [6.07, 6.45) is 2.55. The smallest absolute Gasteiger partial charge is 0.293 e. The minimum absolute atomic E-state index is 0.0423. The van der Waals surface area contributed by atoms with Crippen LogP contribution in [0.25, 0.3) is 0 Å². The lowest BCUT2D eigenvalue weighted by Gasteiger charge is -2.37. The molecule has 7 nitrogen and oxygen atoms in total. The second-order valence-corrected chi connectivity index (χ2v) is 7.52. The molecule has 0 spiro atoms. The van der Waals surface area contributed by atoms with Crippen molar-refractivity contribution in [2.75, 3.05) is 17.7 Å². The Bertz CT molecular complexity index is 659. The van der Waals surface area contributed by atoms with E-state index in [1.165, 1.54) is 12.1 Å². The van der Waals surface area contributed by atoms with E-state index in [0.29, 0.717) is 12.2 Å². The van der Waals surface area contributed by atoms with Crippen molar-refractivity contribution in [3.8, 4) is 0 Å². The molecule has 0 saturated carbocycles. The van der Waals surface area contributed by atoms with Crippen LogP contribution in [0.2, 0.25) is 0 Å². The lowest BCUT2D eigenvalue weighted by atomic mass is 9.98. The molecule has 1 aromatic carbocycles. The third-order valence-electron chi connectivity index (χ3n) is 3.80. The highest BCUT2D eigenvalue weighted by molar-refractivity contribution is 7.90. The molecule has 0 aliphatic carbocycles. The lowest BCUT2D eigenvalue weighted by Crippen LogP contribution is -2.45. The maximum atomic E-state index is 11.5. The third-order valence-corrected chi connectivity index (χ3v) is 4.91. The van der Waals surface area contributed by atoms with Gasteiger partial charge in [-0.05, 0) is 31.9 Å². The molecule has 0 amide bonds. The molecule has 1 aromatic rings. The highest BCUT2D eigenvalue weighted by Crippen LogP contribution is 2.34. The Morgan fingerprint density at radius 2 is 2.10 bits per heavy atom. The predicted octanol–water partition coefficient (Wildman–Crippen LogP) is 1.31. The lowest BCUT2D eigenvalue weighted by molar-refractivity contribution is -0.384. The predicted molar refractivity (Wildman–Crippen MR) is 80.2 cm³/mol. The summed E-state index contributed by atoms with van der Waals surface area (Å²) in [5, 5.41) is 11.3. The van der Waals surface area contributed by atoms with E-state index in [2.05, 4.69) is 0 Å². The molecule has 2 rings (SSSR count). The zero-order valence-corrected chi connectivity index (χ0v) is 12.8. The fourth-order valence-electron chi connectivity index (χ4n) is 2.69. The summed E-state index contributed by atoms with van der Waals surface area (Å²) in [5.74, 6) is 0. The van der Waals surface area contributed by atoms with Crippen LogP contribution in [0.15, 0.2) is 23.1 Å². The number of hydrogen-bond donors (Lipinski definition) is 1. The molecule has 1 aliphatic heterocycles. The first kappa shape index (κ1) is 15.7. The Balaban J connectivity index is 2.47. The van der Waals surface area contributed by atoms with Crippen molar-refractivity contribution in [1.29, 1.82) is 0 Å². The SMILES string of the molecule is CC1CC(N)CCN1c1ccc(S(C)(=O)=O)cc1[N+](=O)[O-]. The summed E-state index contributed by atoms with van der Waals surface area (Å²) < 4.78 is 23.1. The van der Waals surface area contributed by atoms with Gasteiger partial charge in [-0.3, -0.25) is 10.1 Å². The molecule has 1 heterocycles. The molecule has 116 valence electrons. The van der Waals surface area contributed by atoms with Gasteiger partial charge in [0.25, 0.3) is 5.69 Å². The van der Waals surface area contributed by atoms with E-state index in [-0.39, 0.29) is 22.7 Å². The summed E-state index contributed by atoms with van der Waals surface area (Å²) in [6.45, 7) is 2.59. The Kier molecular flexibility index (Phi) is 4.20. The summed E-state index contributed by atoms with van der Waals surface area (Å²) in [5.41, 5.74) is 6.18. The topological polar surface area (TPSA) is 107 Å². The molecule has 8 heteroatoms. The van der Waals surface area contributed by atoms with E-state index in [9.17, 15) is 18.5 Å². The number of nitro benzene ring substituents is 1. The largest absolute Gasteiger partial charge is 0.363 e. The maximum Gasteiger partial charge on any atom is 0.293 e. The summed E-state index contributed by atoms with van der Waals surface area (Å²) in [7, 11) is -3.47.